The fraction of sp³-hybridized carbons (Fsp3) is 0.333. The summed E-state index contributed by atoms with van der Waals surface area (Å²) in [6, 6.07) is 8.19. The molecule has 2 aromatic heterocycles. The van der Waals surface area contributed by atoms with Gasteiger partial charge in [0.1, 0.15) is 0 Å². The van der Waals surface area contributed by atoms with Crippen LogP contribution in [0, 0.1) is 0 Å². The average Bonchev–Trinajstić information content (AvgIpc) is 2.81. The first kappa shape index (κ1) is 11.5. The molecule has 0 amide bonds. The van der Waals surface area contributed by atoms with Crippen LogP contribution in [-0.2, 0) is 11.8 Å². The van der Waals surface area contributed by atoms with E-state index in [-0.39, 0.29) is 11.3 Å². The van der Waals surface area contributed by atoms with Gasteiger partial charge >= 0.3 is 0 Å². The smallest absolute Gasteiger partial charge is 0.232 e. The Kier molecular flexibility index (Phi) is 1.93. The lowest BCUT2D eigenvalue weighted by atomic mass is 9.69. The number of fused-ring (bicyclic) bond motifs is 3. The number of hydrogen-bond donors (Lipinski definition) is 0. The van der Waals surface area contributed by atoms with Gasteiger partial charge in [-0.25, -0.2) is 0 Å². The van der Waals surface area contributed by atoms with Crippen molar-refractivity contribution in [1.82, 2.24) is 9.55 Å². The van der Waals surface area contributed by atoms with Gasteiger partial charge in [0.15, 0.2) is 0 Å². The summed E-state index contributed by atoms with van der Waals surface area (Å²) in [6.07, 6.45) is 5.84. The van der Waals surface area contributed by atoms with Gasteiger partial charge in [0, 0.05) is 40.1 Å². The molecule has 1 unspecified atom stereocenters. The molecule has 1 aliphatic carbocycles. The van der Waals surface area contributed by atoms with Crippen LogP contribution in [0.25, 0.3) is 21.8 Å². The molecule has 3 nitrogen and oxygen atoms in total. The fourth-order valence-corrected chi connectivity index (χ4v) is 4.43. The van der Waals surface area contributed by atoms with E-state index in [2.05, 4.69) is 13.0 Å². The molecule has 21 heavy (non-hydrogen) atoms. The second-order valence-corrected chi connectivity index (χ2v) is 6.68. The Morgan fingerprint density at radius 3 is 3.00 bits per heavy atom. The molecular formula is C18H16N2O. The van der Waals surface area contributed by atoms with Crippen molar-refractivity contribution in [2.45, 2.75) is 38.0 Å². The molecular weight excluding hydrogens is 260 g/mol. The monoisotopic (exact) mass is 276 g/mol. The highest BCUT2D eigenvalue weighted by Gasteiger charge is 2.42. The van der Waals surface area contributed by atoms with Gasteiger partial charge in [-0.2, -0.15) is 0 Å². The number of aromatic nitrogens is 2. The Labute approximate surface area is 122 Å². The molecule has 0 saturated heterocycles. The number of carbonyl (C=O) groups is 1. The zero-order valence-corrected chi connectivity index (χ0v) is 12.0. The number of pyridine rings is 1. The molecule has 0 saturated carbocycles. The molecule has 0 spiro atoms. The predicted octanol–water partition coefficient (Wildman–Crippen LogP) is 3.83. The molecule has 0 radical (unpaired) electrons. The highest BCUT2D eigenvalue weighted by atomic mass is 16.2. The van der Waals surface area contributed by atoms with E-state index in [1.165, 1.54) is 11.3 Å². The molecule has 1 aliphatic heterocycles. The van der Waals surface area contributed by atoms with Crippen LogP contribution in [-0.4, -0.2) is 15.5 Å². The minimum absolute atomic E-state index is 0.0262. The summed E-state index contributed by atoms with van der Waals surface area (Å²) < 4.78 is 1.94. The molecule has 3 heteroatoms. The van der Waals surface area contributed by atoms with Gasteiger partial charge in [0.25, 0.3) is 0 Å². The molecule has 5 rings (SSSR count). The van der Waals surface area contributed by atoms with Crippen molar-refractivity contribution in [3.8, 4) is 0 Å². The lowest BCUT2D eigenvalue weighted by Crippen LogP contribution is -2.37. The van der Waals surface area contributed by atoms with Gasteiger partial charge in [0.2, 0.25) is 5.91 Å². The van der Waals surface area contributed by atoms with Gasteiger partial charge < -0.3 is 0 Å². The minimum atomic E-state index is -0.0262. The maximum absolute atomic E-state index is 12.8. The highest BCUT2D eigenvalue weighted by Crippen LogP contribution is 2.48. The number of aryl methyl sites for hydroxylation is 1. The van der Waals surface area contributed by atoms with Gasteiger partial charge in [0.05, 0.1) is 11.0 Å². The summed E-state index contributed by atoms with van der Waals surface area (Å²) in [6.45, 7) is 2.24. The zero-order chi connectivity index (χ0) is 14.2. The van der Waals surface area contributed by atoms with Crippen molar-refractivity contribution in [2.24, 2.45) is 0 Å². The lowest BCUT2D eigenvalue weighted by Gasteiger charge is -2.38. The zero-order valence-electron chi connectivity index (χ0n) is 12.0. The number of rotatable bonds is 0. The Hall–Kier alpha value is -2.16. The third-order valence-electron chi connectivity index (χ3n) is 5.33. The molecule has 3 heterocycles. The van der Waals surface area contributed by atoms with Crippen molar-refractivity contribution in [2.75, 3.05) is 0 Å². The van der Waals surface area contributed by atoms with Crippen LogP contribution < -0.4 is 0 Å². The standard InChI is InChI=1S/C18H16N2O/c1-18-8-4-6-13-16(18)17-12(10-19-13)11-5-2-3-7-14(11)20(17)15(21)9-18/h2-3,5,7,10H,4,6,8-9H2,1H3. The van der Waals surface area contributed by atoms with Crippen LogP contribution in [0.15, 0.2) is 30.5 Å². The van der Waals surface area contributed by atoms with E-state index in [1.54, 1.807) is 0 Å². The van der Waals surface area contributed by atoms with E-state index in [1.807, 2.05) is 29.0 Å². The quantitative estimate of drug-likeness (QED) is 0.625. The maximum atomic E-state index is 12.8. The van der Waals surface area contributed by atoms with Crippen molar-refractivity contribution >= 4 is 27.7 Å². The number of hydrogen-bond acceptors (Lipinski definition) is 2. The number of benzene rings is 1. The number of nitrogens with zero attached hydrogens (tertiary/aromatic N) is 2. The van der Waals surface area contributed by atoms with E-state index in [4.69, 9.17) is 4.98 Å². The summed E-state index contributed by atoms with van der Waals surface area (Å²) in [5.41, 5.74) is 4.66. The molecule has 2 aliphatic rings. The molecule has 0 bridgehead atoms. The van der Waals surface area contributed by atoms with Crippen LogP contribution in [0.4, 0.5) is 0 Å². The number of carbonyl (C=O) groups excluding carboxylic acids is 1. The Morgan fingerprint density at radius 2 is 2.10 bits per heavy atom. The lowest BCUT2D eigenvalue weighted by molar-refractivity contribution is 0.0864. The van der Waals surface area contributed by atoms with Crippen LogP contribution in [0.3, 0.4) is 0 Å². The maximum Gasteiger partial charge on any atom is 0.232 e. The Bertz CT molecular complexity index is 937. The Morgan fingerprint density at radius 1 is 1.24 bits per heavy atom. The third kappa shape index (κ3) is 1.25. The van der Waals surface area contributed by atoms with E-state index in [0.29, 0.717) is 6.42 Å². The first-order chi connectivity index (χ1) is 10.2. The second-order valence-electron chi connectivity index (χ2n) is 6.68. The van der Waals surface area contributed by atoms with E-state index < -0.39 is 0 Å². The first-order valence-electron chi connectivity index (χ1n) is 7.64. The molecule has 0 fully saturated rings. The summed E-state index contributed by atoms with van der Waals surface area (Å²) in [5.74, 6) is 0.232. The number of para-hydroxylation sites is 1. The fourth-order valence-electron chi connectivity index (χ4n) is 4.43. The molecule has 1 atom stereocenters. The molecule has 104 valence electrons. The summed E-state index contributed by atoms with van der Waals surface area (Å²) >= 11 is 0. The van der Waals surface area contributed by atoms with E-state index in [9.17, 15) is 4.79 Å². The SMILES string of the molecule is CC12CCCc3ncc4c5ccccc5n(c4c31)C(=O)C2. The van der Waals surface area contributed by atoms with Crippen molar-refractivity contribution in [3.05, 3.63) is 41.7 Å². The summed E-state index contributed by atoms with van der Waals surface area (Å²) in [5, 5.41) is 2.27. The Balaban J connectivity index is 2.10. The average molecular weight is 276 g/mol. The van der Waals surface area contributed by atoms with Crippen LogP contribution >= 0.6 is 0 Å². The van der Waals surface area contributed by atoms with Crippen LogP contribution in [0.5, 0.6) is 0 Å². The predicted molar refractivity (Wildman–Crippen MR) is 82.8 cm³/mol. The van der Waals surface area contributed by atoms with Crippen molar-refractivity contribution in [1.29, 1.82) is 0 Å². The first-order valence-corrected chi connectivity index (χ1v) is 7.64. The van der Waals surface area contributed by atoms with Gasteiger partial charge in [-0.15, -0.1) is 0 Å². The minimum Gasteiger partial charge on any atom is -0.279 e. The highest BCUT2D eigenvalue weighted by molar-refractivity contribution is 6.15. The van der Waals surface area contributed by atoms with Crippen molar-refractivity contribution in [3.63, 3.8) is 0 Å². The van der Waals surface area contributed by atoms with E-state index >= 15 is 0 Å². The summed E-state index contributed by atoms with van der Waals surface area (Å²) in [7, 11) is 0. The normalized spacial score (nSPS) is 24.0. The van der Waals surface area contributed by atoms with E-state index in [0.717, 1.165) is 41.1 Å². The topological polar surface area (TPSA) is 34.9 Å². The molecule has 3 aromatic rings. The van der Waals surface area contributed by atoms with Gasteiger partial charge in [-0.1, -0.05) is 25.1 Å². The van der Waals surface area contributed by atoms with Gasteiger partial charge in [-0.05, 0) is 25.3 Å². The molecule has 0 N–H and O–H groups in total. The summed E-state index contributed by atoms with van der Waals surface area (Å²) in [4.78, 5) is 17.5. The molecule has 1 aromatic carbocycles. The second kappa shape index (κ2) is 3.53. The van der Waals surface area contributed by atoms with Crippen LogP contribution in [0.1, 0.15) is 42.2 Å². The van der Waals surface area contributed by atoms with Gasteiger partial charge in [-0.3, -0.25) is 14.3 Å². The van der Waals surface area contributed by atoms with Crippen molar-refractivity contribution < 1.29 is 4.79 Å². The van der Waals surface area contributed by atoms with Crippen LogP contribution in [0.2, 0.25) is 0 Å². The largest absolute Gasteiger partial charge is 0.279 e. The third-order valence-corrected chi connectivity index (χ3v) is 5.33.